The highest BCUT2D eigenvalue weighted by molar-refractivity contribution is 7.14. The minimum Gasteiger partial charge on any atom is -0.143 e. The highest BCUT2D eigenvalue weighted by Gasteiger charge is 2.09. The second-order valence-corrected chi connectivity index (χ2v) is 6.39. The first-order chi connectivity index (χ1) is 11.4. The summed E-state index contributed by atoms with van der Waals surface area (Å²) in [6.45, 7) is 0. The van der Waals surface area contributed by atoms with Crippen LogP contribution < -0.4 is 0 Å². The Morgan fingerprint density at radius 3 is 1.74 bits per heavy atom. The molecule has 0 spiro atoms. The lowest BCUT2D eigenvalue weighted by Gasteiger charge is -2.08. The molecule has 0 radical (unpaired) electrons. The lowest BCUT2D eigenvalue weighted by molar-refractivity contribution is 1.61. The molecule has 110 valence electrons. The molecule has 0 aliphatic carbocycles. The molecule has 0 aliphatic rings. The van der Waals surface area contributed by atoms with Gasteiger partial charge in [-0.2, -0.15) is 0 Å². The van der Waals surface area contributed by atoms with Gasteiger partial charge in [-0.15, -0.1) is 11.3 Å². The van der Waals surface area contributed by atoms with E-state index in [1.807, 2.05) is 0 Å². The Bertz CT molecular complexity index is 905. The van der Waals surface area contributed by atoms with Crippen LogP contribution in [0.4, 0.5) is 0 Å². The lowest BCUT2D eigenvalue weighted by atomic mass is 9.98. The predicted molar refractivity (Wildman–Crippen MR) is 101 cm³/mol. The van der Waals surface area contributed by atoms with E-state index in [4.69, 9.17) is 0 Å². The summed E-state index contributed by atoms with van der Waals surface area (Å²) in [6, 6.07) is 32.1. The molecule has 4 rings (SSSR count). The third-order valence-corrected chi connectivity index (χ3v) is 4.95. The summed E-state index contributed by atoms with van der Waals surface area (Å²) >= 11 is 1.81. The van der Waals surface area contributed by atoms with Crippen LogP contribution in [0.25, 0.3) is 32.7 Å². The summed E-state index contributed by atoms with van der Waals surface area (Å²) in [5, 5.41) is 2.24. The normalized spacial score (nSPS) is 10.6. The molecule has 0 amide bonds. The van der Waals surface area contributed by atoms with Crippen molar-refractivity contribution in [2.24, 2.45) is 0 Å². The van der Waals surface area contributed by atoms with Crippen LogP contribution in [0, 0.1) is 0 Å². The average Bonchev–Trinajstić information content (AvgIpc) is 3.13. The molecule has 1 heterocycles. The van der Waals surface area contributed by atoms with Gasteiger partial charge < -0.3 is 0 Å². The quantitative estimate of drug-likeness (QED) is 0.392. The molecule has 0 atom stereocenters. The van der Waals surface area contributed by atoms with Gasteiger partial charge in [0.05, 0.1) is 0 Å². The molecule has 0 N–H and O–H groups in total. The van der Waals surface area contributed by atoms with E-state index in [0.29, 0.717) is 0 Å². The molecule has 0 saturated heterocycles. The van der Waals surface area contributed by atoms with Crippen LogP contribution in [-0.2, 0) is 0 Å². The van der Waals surface area contributed by atoms with Gasteiger partial charge in [0.2, 0.25) is 0 Å². The van der Waals surface area contributed by atoms with Crippen molar-refractivity contribution < 1.29 is 0 Å². The summed E-state index contributed by atoms with van der Waals surface area (Å²) in [5.41, 5.74) is 6.40. The van der Waals surface area contributed by atoms with E-state index in [2.05, 4.69) is 96.4 Å². The average molecular weight is 312 g/mol. The molecule has 0 bridgehead atoms. The first-order valence-electron chi connectivity index (χ1n) is 7.70. The maximum Gasteiger partial charge on any atom is 0.0355 e. The SMILES string of the molecule is c1ccc(-c2csc(-c3ccccc3-c3ccccc3)c2)cc1. The van der Waals surface area contributed by atoms with Gasteiger partial charge in [0.25, 0.3) is 0 Å². The summed E-state index contributed by atoms with van der Waals surface area (Å²) in [4.78, 5) is 1.31. The number of thiophene rings is 1. The summed E-state index contributed by atoms with van der Waals surface area (Å²) < 4.78 is 0. The van der Waals surface area contributed by atoms with Crippen LogP contribution >= 0.6 is 11.3 Å². The molecule has 0 nitrogen and oxygen atoms in total. The highest BCUT2D eigenvalue weighted by atomic mass is 32.1. The predicted octanol–water partition coefficient (Wildman–Crippen LogP) is 6.75. The Labute approximate surface area is 140 Å². The van der Waals surface area contributed by atoms with Gasteiger partial charge in [-0.05, 0) is 39.3 Å². The first-order valence-corrected chi connectivity index (χ1v) is 8.58. The third kappa shape index (κ3) is 2.84. The molecule has 0 unspecified atom stereocenters. The van der Waals surface area contributed by atoms with Crippen molar-refractivity contribution >= 4 is 11.3 Å². The molecular formula is C22H16S. The topological polar surface area (TPSA) is 0 Å². The molecule has 23 heavy (non-hydrogen) atoms. The highest BCUT2D eigenvalue weighted by Crippen LogP contribution is 2.37. The van der Waals surface area contributed by atoms with Crippen LogP contribution in [-0.4, -0.2) is 0 Å². The molecule has 0 saturated carbocycles. The smallest absolute Gasteiger partial charge is 0.0355 e. The van der Waals surface area contributed by atoms with Gasteiger partial charge in [-0.3, -0.25) is 0 Å². The zero-order valence-corrected chi connectivity index (χ0v) is 13.5. The molecule has 1 heteroatoms. The van der Waals surface area contributed by atoms with Gasteiger partial charge in [0.1, 0.15) is 0 Å². The zero-order valence-electron chi connectivity index (χ0n) is 12.6. The molecule has 3 aromatic carbocycles. The Morgan fingerprint density at radius 1 is 0.478 bits per heavy atom. The van der Waals surface area contributed by atoms with E-state index < -0.39 is 0 Å². The van der Waals surface area contributed by atoms with Crippen LogP contribution in [0.2, 0.25) is 0 Å². The molecule has 0 aliphatic heterocycles. The summed E-state index contributed by atoms with van der Waals surface area (Å²) in [5.74, 6) is 0. The Balaban J connectivity index is 1.79. The Kier molecular flexibility index (Phi) is 3.79. The molecular weight excluding hydrogens is 296 g/mol. The fourth-order valence-corrected chi connectivity index (χ4v) is 3.78. The monoisotopic (exact) mass is 312 g/mol. The number of hydrogen-bond donors (Lipinski definition) is 0. The largest absolute Gasteiger partial charge is 0.143 e. The van der Waals surface area contributed by atoms with Crippen molar-refractivity contribution in [2.45, 2.75) is 0 Å². The number of hydrogen-bond acceptors (Lipinski definition) is 1. The fraction of sp³-hybridized carbons (Fsp3) is 0. The van der Waals surface area contributed by atoms with E-state index in [0.717, 1.165) is 0 Å². The molecule has 0 fully saturated rings. The summed E-state index contributed by atoms with van der Waals surface area (Å²) in [7, 11) is 0. The third-order valence-electron chi connectivity index (χ3n) is 3.98. The fourth-order valence-electron chi connectivity index (χ4n) is 2.83. The zero-order chi connectivity index (χ0) is 15.5. The molecule has 4 aromatic rings. The Hall–Kier alpha value is -2.64. The maximum absolute atomic E-state index is 2.29. The number of benzene rings is 3. The maximum atomic E-state index is 2.29. The van der Waals surface area contributed by atoms with Gasteiger partial charge >= 0.3 is 0 Å². The van der Waals surface area contributed by atoms with E-state index in [9.17, 15) is 0 Å². The van der Waals surface area contributed by atoms with Crippen molar-refractivity contribution in [3.8, 4) is 32.7 Å². The minimum absolute atomic E-state index is 1.26. The summed E-state index contributed by atoms with van der Waals surface area (Å²) in [6.07, 6.45) is 0. The van der Waals surface area contributed by atoms with Gasteiger partial charge in [-0.1, -0.05) is 84.9 Å². The van der Waals surface area contributed by atoms with Crippen LogP contribution in [0.3, 0.4) is 0 Å². The van der Waals surface area contributed by atoms with Crippen LogP contribution in [0.15, 0.2) is 96.4 Å². The van der Waals surface area contributed by atoms with E-state index in [1.165, 1.54) is 32.7 Å². The minimum atomic E-state index is 1.26. The van der Waals surface area contributed by atoms with Crippen molar-refractivity contribution in [1.82, 2.24) is 0 Å². The van der Waals surface area contributed by atoms with Crippen LogP contribution in [0.1, 0.15) is 0 Å². The second-order valence-electron chi connectivity index (χ2n) is 5.48. The van der Waals surface area contributed by atoms with Crippen molar-refractivity contribution in [3.63, 3.8) is 0 Å². The Morgan fingerprint density at radius 2 is 1.04 bits per heavy atom. The van der Waals surface area contributed by atoms with E-state index >= 15 is 0 Å². The standard InChI is InChI=1S/C22H16S/c1-3-9-17(10-4-1)19-15-22(23-16-19)21-14-8-7-13-20(21)18-11-5-2-6-12-18/h1-16H. The van der Waals surface area contributed by atoms with Gasteiger partial charge in [-0.25, -0.2) is 0 Å². The van der Waals surface area contributed by atoms with Gasteiger partial charge in [0, 0.05) is 4.88 Å². The van der Waals surface area contributed by atoms with E-state index in [-0.39, 0.29) is 0 Å². The van der Waals surface area contributed by atoms with Crippen molar-refractivity contribution in [1.29, 1.82) is 0 Å². The number of rotatable bonds is 3. The van der Waals surface area contributed by atoms with Crippen molar-refractivity contribution in [3.05, 3.63) is 96.4 Å². The second kappa shape index (κ2) is 6.23. The van der Waals surface area contributed by atoms with E-state index in [1.54, 1.807) is 11.3 Å². The first kappa shape index (κ1) is 14.0. The van der Waals surface area contributed by atoms with Gasteiger partial charge in [0.15, 0.2) is 0 Å². The van der Waals surface area contributed by atoms with Crippen molar-refractivity contribution in [2.75, 3.05) is 0 Å². The van der Waals surface area contributed by atoms with Crippen LogP contribution in [0.5, 0.6) is 0 Å². The molecule has 1 aromatic heterocycles. The lowest BCUT2D eigenvalue weighted by Crippen LogP contribution is -1.82.